The van der Waals surface area contributed by atoms with E-state index in [0.29, 0.717) is 29.0 Å². The Bertz CT molecular complexity index is 682. The van der Waals surface area contributed by atoms with E-state index in [1.54, 1.807) is 31.5 Å². The quantitative estimate of drug-likeness (QED) is 0.902. The molecule has 1 fully saturated rings. The topological polar surface area (TPSA) is 59.4 Å². The normalized spacial score (nSPS) is 16.1. The van der Waals surface area contributed by atoms with Crippen molar-refractivity contribution in [3.8, 4) is 5.75 Å². The fourth-order valence-corrected chi connectivity index (χ4v) is 3.27. The maximum atomic E-state index is 12.2. The van der Waals surface area contributed by atoms with Gasteiger partial charge in [0.25, 0.3) is 0 Å². The van der Waals surface area contributed by atoms with E-state index in [1.807, 2.05) is 12.5 Å². The molecule has 0 unspecified atom stereocenters. The Morgan fingerprint density at radius 2 is 2.21 bits per heavy atom. The van der Waals surface area contributed by atoms with Crippen LogP contribution in [0.4, 0.5) is 5.69 Å². The first-order valence-corrected chi connectivity index (χ1v) is 8.36. The predicted octanol–water partition coefficient (Wildman–Crippen LogP) is 2.82. The summed E-state index contributed by atoms with van der Waals surface area (Å²) < 4.78 is 7.26. The number of amides is 1. The highest BCUT2D eigenvalue weighted by atomic mass is 35.5. The Labute approximate surface area is 146 Å². The number of methoxy groups -OCH3 is 1. The third kappa shape index (κ3) is 4.07. The molecule has 0 radical (unpaired) electrons. The monoisotopic (exact) mass is 348 g/mol. The van der Waals surface area contributed by atoms with Crippen LogP contribution >= 0.6 is 11.6 Å². The third-order valence-electron chi connectivity index (χ3n) is 4.31. The van der Waals surface area contributed by atoms with Crippen LogP contribution in [0, 0.1) is 0 Å². The molecule has 0 aliphatic carbocycles. The van der Waals surface area contributed by atoms with E-state index in [4.69, 9.17) is 16.3 Å². The molecule has 128 valence electrons. The predicted molar refractivity (Wildman–Crippen MR) is 93.6 cm³/mol. The van der Waals surface area contributed by atoms with Crippen LogP contribution < -0.4 is 10.1 Å². The van der Waals surface area contributed by atoms with Gasteiger partial charge in [-0.2, -0.15) is 0 Å². The lowest BCUT2D eigenvalue weighted by atomic mass is 10.1. The number of hydrogen-bond acceptors (Lipinski definition) is 4. The van der Waals surface area contributed by atoms with Gasteiger partial charge < -0.3 is 14.6 Å². The van der Waals surface area contributed by atoms with Crippen LogP contribution in [0.25, 0.3) is 0 Å². The second-order valence-corrected chi connectivity index (χ2v) is 6.32. The molecule has 0 spiro atoms. The minimum Gasteiger partial charge on any atom is -0.495 e. The summed E-state index contributed by atoms with van der Waals surface area (Å²) in [6, 6.07) is 5.71. The summed E-state index contributed by atoms with van der Waals surface area (Å²) in [4.78, 5) is 18.5. The van der Waals surface area contributed by atoms with Crippen LogP contribution in [0.1, 0.15) is 18.9 Å². The highest BCUT2D eigenvalue weighted by molar-refractivity contribution is 6.32. The first kappa shape index (κ1) is 16.8. The molecule has 1 aliphatic rings. The van der Waals surface area contributed by atoms with Gasteiger partial charge in [0.2, 0.25) is 5.91 Å². The number of ether oxygens (including phenoxy) is 1. The summed E-state index contributed by atoms with van der Waals surface area (Å²) in [6.07, 6.45) is 7.72. The molecule has 0 saturated carbocycles. The number of piperidine rings is 1. The van der Waals surface area contributed by atoms with Gasteiger partial charge in [0.15, 0.2) is 0 Å². The molecule has 6 nitrogen and oxygen atoms in total. The number of carbonyl (C=O) groups is 1. The standard InChI is InChI=1S/C17H21ClN4O2/c1-24-16-3-2-13(10-15(16)18)20-17(23)11-21-7-4-14(5-8-21)22-9-6-19-12-22/h2-3,6,9-10,12,14H,4-5,7-8,11H2,1H3,(H,20,23). The number of halogens is 1. The van der Waals surface area contributed by atoms with E-state index in [9.17, 15) is 4.79 Å². The summed E-state index contributed by atoms with van der Waals surface area (Å²) in [5.74, 6) is 0.563. The molecule has 3 rings (SSSR count). The lowest BCUT2D eigenvalue weighted by Gasteiger charge is -2.31. The number of rotatable bonds is 5. The Morgan fingerprint density at radius 1 is 1.42 bits per heavy atom. The number of nitrogens with one attached hydrogen (secondary N) is 1. The number of nitrogens with zero attached hydrogens (tertiary/aromatic N) is 3. The maximum Gasteiger partial charge on any atom is 0.238 e. The van der Waals surface area contributed by atoms with Crippen LogP contribution in [0.15, 0.2) is 36.9 Å². The number of carbonyl (C=O) groups excluding carboxylic acids is 1. The highest BCUT2D eigenvalue weighted by Crippen LogP contribution is 2.27. The minimum atomic E-state index is -0.0303. The van der Waals surface area contributed by atoms with Gasteiger partial charge in [-0.15, -0.1) is 0 Å². The van der Waals surface area contributed by atoms with Crippen molar-refractivity contribution in [3.63, 3.8) is 0 Å². The van der Waals surface area contributed by atoms with Crippen molar-refractivity contribution >= 4 is 23.2 Å². The number of benzene rings is 1. The van der Waals surface area contributed by atoms with Gasteiger partial charge in [0.05, 0.1) is 25.0 Å². The molecule has 0 atom stereocenters. The molecule has 7 heteroatoms. The number of aromatic nitrogens is 2. The summed E-state index contributed by atoms with van der Waals surface area (Å²) in [5, 5.41) is 3.37. The molecule has 1 saturated heterocycles. The van der Waals surface area contributed by atoms with Crippen molar-refractivity contribution in [2.24, 2.45) is 0 Å². The fraction of sp³-hybridized carbons (Fsp3) is 0.412. The van der Waals surface area contributed by atoms with Gasteiger partial charge in [-0.1, -0.05) is 11.6 Å². The van der Waals surface area contributed by atoms with E-state index in [2.05, 4.69) is 19.8 Å². The second-order valence-electron chi connectivity index (χ2n) is 5.91. The van der Waals surface area contributed by atoms with Gasteiger partial charge in [-0.3, -0.25) is 9.69 Å². The van der Waals surface area contributed by atoms with E-state index in [1.165, 1.54) is 0 Å². The lowest BCUT2D eigenvalue weighted by molar-refractivity contribution is -0.117. The van der Waals surface area contributed by atoms with Crippen molar-refractivity contribution in [1.82, 2.24) is 14.5 Å². The van der Waals surface area contributed by atoms with E-state index in [-0.39, 0.29) is 5.91 Å². The third-order valence-corrected chi connectivity index (χ3v) is 4.60. The summed E-state index contributed by atoms with van der Waals surface area (Å²) in [6.45, 7) is 2.19. The van der Waals surface area contributed by atoms with Crippen LogP contribution in [0.3, 0.4) is 0 Å². The van der Waals surface area contributed by atoms with Gasteiger partial charge in [-0.05, 0) is 31.0 Å². The molecular weight excluding hydrogens is 328 g/mol. The summed E-state index contributed by atoms with van der Waals surface area (Å²) in [5.41, 5.74) is 0.680. The second kappa shape index (κ2) is 7.68. The molecule has 1 aromatic carbocycles. The number of hydrogen-bond donors (Lipinski definition) is 1. The summed E-state index contributed by atoms with van der Waals surface area (Å²) >= 11 is 6.08. The van der Waals surface area contributed by atoms with Crippen molar-refractivity contribution in [2.45, 2.75) is 18.9 Å². The maximum absolute atomic E-state index is 12.2. The van der Waals surface area contributed by atoms with Gasteiger partial charge in [0, 0.05) is 37.2 Å². The number of imidazole rings is 1. The number of likely N-dealkylation sites (tertiary alicyclic amines) is 1. The molecule has 2 heterocycles. The Balaban J connectivity index is 1.48. The lowest BCUT2D eigenvalue weighted by Crippen LogP contribution is -2.39. The first-order chi connectivity index (χ1) is 11.7. The average Bonchev–Trinajstić information content (AvgIpc) is 3.10. The zero-order valence-corrected chi connectivity index (χ0v) is 14.4. The Morgan fingerprint density at radius 3 is 2.83 bits per heavy atom. The zero-order chi connectivity index (χ0) is 16.9. The minimum absolute atomic E-state index is 0.0303. The van der Waals surface area contributed by atoms with Crippen LogP contribution in [0.5, 0.6) is 5.75 Å². The first-order valence-electron chi connectivity index (χ1n) is 7.99. The van der Waals surface area contributed by atoms with Crippen LogP contribution in [-0.4, -0.2) is 47.1 Å². The molecule has 2 aromatic rings. The van der Waals surface area contributed by atoms with Crippen molar-refractivity contribution < 1.29 is 9.53 Å². The van der Waals surface area contributed by atoms with Gasteiger partial charge in [0.1, 0.15) is 5.75 Å². The molecule has 1 amide bonds. The number of anilines is 1. The van der Waals surface area contributed by atoms with Gasteiger partial charge in [-0.25, -0.2) is 4.98 Å². The smallest absolute Gasteiger partial charge is 0.238 e. The molecule has 24 heavy (non-hydrogen) atoms. The SMILES string of the molecule is COc1ccc(NC(=O)CN2CCC(n3ccnc3)CC2)cc1Cl. The van der Waals surface area contributed by atoms with Crippen molar-refractivity contribution in [3.05, 3.63) is 41.9 Å². The van der Waals surface area contributed by atoms with Crippen LogP contribution in [0.2, 0.25) is 5.02 Å². The summed E-state index contributed by atoms with van der Waals surface area (Å²) in [7, 11) is 1.56. The fourth-order valence-electron chi connectivity index (χ4n) is 3.01. The van der Waals surface area contributed by atoms with Crippen molar-refractivity contribution in [1.29, 1.82) is 0 Å². The average molecular weight is 349 g/mol. The van der Waals surface area contributed by atoms with Gasteiger partial charge >= 0.3 is 0 Å². The molecule has 1 aromatic heterocycles. The van der Waals surface area contributed by atoms with Crippen LogP contribution in [-0.2, 0) is 4.79 Å². The van der Waals surface area contributed by atoms with Crippen molar-refractivity contribution in [2.75, 3.05) is 32.1 Å². The van der Waals surface area contributed by atoms with E-state index in [0.717, 1.165) is 25.9 Å². The molecule has 0 bridgehead atoms. The van der Waals surface area contributed by atoms with E-state index < -0.39 is 0 Å². The Hall–Kier alpha value is -2.05. The highest BCUT2D eigenvalue weighted by Gasteiger charge is 2.21. The largest absolute Gasteiger partial charge is 0.495 e. The molecule has 1 N–H and O–H groups in total. The van der Waals surface area contributed by atoms with E-state index >= 15 is 0 Å². The molecule has 1 aliphatic heterocycles. The Kier molecular flexibility index (Phi) is 5.37. The zero-order valence-electron chi connectivity index (χ0n) is 13.6. The molecular formula is C17H21ClN4O2.